The van der Waals surface area contributed by atoms with Crippen molar-refractivity contribution in [3.05, 3.63) is 35.4 Å². The van der Waals surface area contributed by atoms with E-state index in [0.29, 0.717) is 12.5 Å². The van der Waals surface area contributed by atoms with E-state index in [1.54, 1.807) is 0 Å². The highest BCUT2D eigenvalue weighted by Gasteiger charge is 2.25. The number of piperazine rings is 1. The third-order valence-corrected chi connectivity index (χ3v) is 2.98. The lowest BCUT2D eigenvalue weighted by molar-refractivity contribution is -0.141. The van der Waals surface area contributed by atoms with Gasteiger partial charge in [-0.2, -0.15) is 0 Å². The van der Waals surface area contributed by atoms with Gasteiger partial charge in [-0.25, -0.2) is 0 Å². The average Bonchev–Trinajstić information content (AvgIpc) is 2.33. The summed E-state index contributed by atoms with van der Waals surface area (Å²) in [7, 11) is 0. The Bertz CT molecular complexity index is 437. The van der Waals surface area contributed by atoms with E-state index in [1.165, 1.54) is 5.56 Å². The van der Waals surface area contributed by atoms with Crippen molar-refractivity contribution in [2.24, 2.45) is 0 Å². The largest absolute Gasteiger partial charge is 0.345 e. The molecule has 0 radical (unpaired) electrons. The summed E-state index contributed by atoms with van der Waals surface area (Å²) >= 11 is 0. The van der Waals surface area contributed by atoms with Crippen molar-refractivity contribution < 1.29 is 9.59 Å². The summed E-state index contributed by atoms with van der Waals surface area (Å²) in [5.41, 5.74) is 2.28. The number of carbonyl (C=O) groups is 2. The minimum atomic E-state index is -0.561. The van der Waals surface area contributed by atoms with Crippen molar-refractivity contribution >= 4 is 11.8 Å². The SMILES string of the molecule is CC(C)c1ccc(C2CNC(=O)C(=O)N2)cc1. The average molecular weight is 232 g/mol. The van der Waals surface area contributed by atoms with Gasteiger partial charge in [-0.05, 0) is 17.0 Å². The maximum absolute atomic E-state index is 11.2. The molecule has 0 bridgehead atoms. The molecular formula is C13H16N2O2. The number of nitrogens with one attached hydrogen (secondary N) is 2. The summed E-state index contributed by atoms with van der Waals surface area (Å²) in [5, 5.41) is 5.25. The van der Waals surface area contributed by atoms with Gasteiger partial charge in [0.05, 0.1) is 6.04 Å². The monoisotopic (exact) mass is 232 g/mol. The van der Waals surface area contributed by atoms with E-state index in [0.717, 1.165) is 5.56 Å². The second-order valence-electron chi connectivity index (χ2n) is 4.56. The summed E-state index contributed by atoms with van der Waals surface area (Å²) < 4.78 is 0. The van der Waals surface area contributed by atoms with Crippen LogP contribution in [0.1, 0.15) is 36.9 Å². The molecule has 0 spiro atoms. The van der Waals surface area contributed by atoms with Crippen LogP contribution >= 0.6 is 0 Å². The minimum absolute atomic E-state index is 0.124. The highest BCUT2D eigenvalue weighted by atomic mass is 16.2. The molecule has 1 unspecified atom stereocenters. The van der Waals surface area contributed by atoms with Crippen LogP contribution in [0.4, 0.5) is 0 Å². The molecule has 1 aromatic carbocycles. The smallest absolute Gasteiger partial charge is 0.309 e. The van der Waals surface area contributed by atoms with Crippen molar-refractivity contribution in [3.63, 3.8) is 0 Å². The molecule has 90 valence electrons. The molecule has 2 amide bonds. The molecule has 1 aliphatic heterocycles. The van der Waals surface area contributed by atoms with Crippen LogP contribution in [-0.2, 0) is 9.59 Å². The quantitative estimate of drug-likeness (QED) is 0.750. The van der Waals surface area contributed by atoms with Gasteiger partial charge in [-0.15, -0.1) is 0 Å². The first-order valence-corrected chi connectivity index (χ1v) is 5.76. The van der Waals surface area contributed by atoms with E-state index >= 15 is 0 Å². The van der Waals surface area contributed by atoms with Crippen LogP contribution < -0.4 is 10.6 Å². The van der Waals surface area contributed by atoms with Crippen LogP contribution in [0.25, 0.3) is 0 Å². The Morgan fingerprint density at radius 3 is 2.29 bits per heavy atom. The summed E-state index contributed by atoms with van der Waals surface area (Å²) in [6, 6.07) is 7.99. The number of rotatable bonds is 2. The number of benzene rings is 1. The number of hydrogen-bond acceptors (Lipinski definition) is 2. The van der Waals surface area contributed by atoms with Crippen LogP contribution in [0.2, 0.25) is 0 Å². The van der Waals surface area contributed by atoms with Crippen LogP contribution in [0.5, 0.6) is 0 Å². The number of hydrogen-bond donors (Lipinski definition) is 2. The summed E-state index contributed by atoms with van der Waals surface area (Å²) in [6.45, 7) is 4.72. The molecule has 0 aromatic heterocycles. The van der Waals surface area contributed by atoms with Gasteiger partial charge >= 0.3 is 11.8 Å². The van der Waals surface area contributed by atoms with Gasteiger partial charge in [-0.1, -0.05) is 38.1 Å². The first-order valence-electron chi connectivity index (χ1n) is 5.76. The third kappa shape index (κ3) is 2.46. The van der Waals surface area contributed by atoms with E-state index in [4.69, 9.17) is 0 Å². The number of carbonyl (C=O) groups excluding carboxylic acids is 2. The molecule has 1 saturated heterocycles. The summed E-state index contributed by atoms with van der Waals surface area (Å²) in [4.78, 5) is 22.2. The molecule has 2 rings (SSSR count). The molecule has 2 N–H and O–H groups in total. The highest BCUT2D eigenvalue weighted by Crippen LogP contribution is 2.19. The fourth-order valence-electron chi connectivity index (χ4n) is 1.86. The highest BCUT2D eigenvalue weighted by molar-refractivity contribution is 6.35. The fraction of sp³-hybridized carbons (Fsp3) is 0.385. The van der Waals surface area contributed by atoms with Gasteiger partial charge in [-0.3, -0.25) is 9.59 Å². The van der Waals surface area contributed by atoms with Crippen LogP contribution in [0, 0.1) is 0 Å². The van der Waals surface area contributed by atoms with Crippen LogP contribution in [0.3, 0.4) is 0 Å². The Morgan fingerprint density at radius 2 is 1.76 bits per heavy atom. The molecule has 0 aliphatic carbocycles. The topological polar surface area (TPSA) is 58.2 Å². The molecular weight excluding hydrogens is 216 g/mol. The molecule has 17 heavy (non-hydrogen) atoms. The molecule has 4 heteroatoms. The van der Waals surface area contributed by atoms with Crippen molar-refractivity contribution in [2.75, 3.05) is 6.54 Å². The molecule has 1 heterocycles. The Balaban J connectivity index is 2.12. The summed E-state index contributed by atoms with van der Waals surface area (Å²) in [6.07, 6.45) is 0. The lowest BCUT2D eigenvalue weighted by Crippen LogP contribution is -2.51. The third-order valence-electron chi connectivity index (χ3n) is 2.98. The second-order valence-corrected chi connectivity index (χ2v) is 4.56. The van der Waals surface area contributed by atoms with Gasteiger partial charge in [0, 0.05) is 6.54 Å². The molecule has 1 fully saturated rings. The molecule has 0 saturated carbocycles. The first-order chi connectivity index (χ1) is 8.08. The second kappa shape index (κ2) is 4.57. The molecule has 4 nitrogen and oxygen atoms in total. The van der Waals surface area contributed by atoms with Gasteiger partial charge in [0.25, 0.3) is 0 Å². The van der Waals surface area contributed by atoms with Crippen LogP contribution in [0.15, 0.2) is 24.3 Å². The van der Waals surface area contributed by atoms with Gasteiger partial charge in [0.15, 0.2) is 0 Å². The molecule has 1 aromatic rings. The Kier molecular flexibility index (Phi) is 3.13. The normalized spacial score (nSPS) is 20.1. The Morgan fingerprint density at radius 1 is 1.12 bits per heavy atom. The van der Waals surface area contributed by atoms with Crippen molar-refractivity contribution in [1.82, 2.24) is 10.6 Å². The minimum Gasteiger partial charge on any atom is -0.345 e. The fourth-order valence-corrected chi connectivity index (χ4v) is 1.86. The van der Waals surface area contributed by atoms with Crippen molar-refractivity contribution in [1.29, 1.82) is 0 Å². The standard InChI is InChI=1S/C13H16N2O2/c1-8(2)9-3-5-10(6-4-9)11-7-14-12(16)13(17)15-11/h3-6,8,11H,7H2,1-2H3,(H,14,16)(H,15,17). The van der Waals surface area contributed by atoms with Gasteiger partial charge < -0.3 is 10.6 Å². The Labute approximate surface area is 100 Å². The maximum Gasteiger partial charge on any atom is 0.309 e. The van der Waals surface area contributed by atoms with E-state index in [9.17, 15) is 9.59 Å². The molecule has 1 aliphatic rings. The summed E-state index contributed by atoms with van der Waals surface area (Å²) in [5.74, 6) is -0.626. The molecule has 1 atom stereocenters. The van der Waals surface area contributed by atoms with Crippen LogP contribution in [-0.4, -0.2) is 18.4 Å². The Hall–Kier alpha value is -1.84. The number of amides is 2. The maximum atomic E-state index is 11.2. The van der Waals surface area contributed by atoms with E-state index in [2.05, 4.69) is 36.6 Å². The zero-order valence-electron chi connectivity index (χ0n) is 9.99. The predicted molar refractivity (Wildman–Crippen MR) is 64.4 cm³/mol. The van der Waals surface area contributed by atoms with E-state index < -0.39 is 11.8 Å². The van der Waals surface area contributed by atoms with Gasteiger partial charge in [0.1, 0.15) is 0 Å². The lowest BCUT2D eigenvalue weighted by Gasteiger charge is -2.24. The van der Waals surface area contributed by atoms with E-state index in [1.807, 2.05) is 12.1 Å². The van der Waals surface area contributed by atoms with E-state index in [-0.39, 0.29) is 6.04 Å². The lowest BCUT2D eigenvalue weighted by atomic mass is 9.98. The van der Waals surface area contributed by atoms with Crippen molar-refractivity contribution in [2.45, 2.75) is 25.8 Å². The predicted octanol–water partition coefficient (Wildman–Crippen LogP) is 1.10. The van der Waals surface area contributed by atoms with Gasteiger partial charge in [0.2, 0.25) is 0 Å². The zero-order valence-corrected chi connectivity index (χ0v) is 9.99. The zero-order chi connectivity index (χ0) is 12.4. The van der Waals surface area contributed by atoms with Crippen molar-refractivity contribution in [3.8, 4) is 0 Å². The first kappa shape index (κ1) is 11.6.